The number of likely N-dealkylation sites (tertiary alicyclic amines) is 1. The zero-order chi connectivity index (χ0) is 16.2. The fourth-order valence-corrected chi connectivity index (χ4v) is 3.85. The van der Waals surface area contributed by atoms with Crippen molar-refractivity contribution < 1.29 is 4.79 Å². The first-order chi connectivity index (χ1) is 11.1. The lowest BCUT2D eigenvalue weighted by Gasteiger charge is -2.32. The predicted molar refractivity (Wildman–Crippen MR) is 93.5 cm³/mol. The van der Waals surface area contributed by atoms with Gasteiger partial charge in [0.25, 0.3) is 5.91 Å². The maximum Gasteiger partial charge on any atom is 0.273 e. The molecular weight excluding hydrogens is 306 g/mol. The van der Waals surface area contributed by atoms with Gasteiger partial charge >= 0.3 is 0 Å². The minimum Gasteiger partial charge on any atom is -0.335 e. The van der Waals surface area contributed by atoms with Crippen molar-refractivity contribution in [2.24, 2.45) is 5.73 Å². The van der Waals surface area contributed by atoms with Gasteiger partial charge in [0, 0.05) is 18.0 Å². The summed E-state index contributed by atoms with van der Waals surface area (Å²) in [4.78, 5) is 19.1. The normalized spacial score (nSPS) is 19.6. The van der Waals surface area contributed by atoms with E-state index in [1.807, 2.05) is 28.5 Å². The second kappa shape index (κ2) is 7.23. The molecule has 4 nitrogen and oxygen atoms in total. The number of nitrogens with two attached hydrogens (primary N) is 1. The molecule has 1 aromatic heterocycles. The van der Waals surface area contributed by atoms with Crippen LogP contribution in [0.2, 0.25) is 0 Å². The molecule has 1 saturated heterocycles. The van der Waals surface area contributed by atoms with E-state index in [4.69, 9.17) is 5.73 Å². The van der Waals surface area contributed by atoms with E-state index < -0.39 is 0 Å². The Morgan fingerprint density at radius 1 is 1.39 bits per heavy atom. The Labute approximate surface area is 141 Å². The summed E-state index contributed by atoms with van der Waals surface area (Å²) in [5.41, 5.74) is 8.00. The number of hydrogen-bond acceptors (Lipinski definition) is 4. The largest absolute Gasteiger partial charge is 0.335 e. The molecule has 3 rings (SSSR count). The molecule has 5 heteroatoms. The van der Waals surface area contributed by atoms with E-state index in [1.165, 1.54) is 23.3 Å². The summed E-state index contributed by atoms with van der Waals surface area (Å²) in [6.07, 6.45) is 4.11. The molecule has 1 fully saturated rings. The highest BCUT2D eigenvalue weighted by atomic mass is 32.1. The van der Waals surface area contributed by atoms with Gasteiger partial charge in [0.05, 0.1) is 6.04 Å². The molecule has 0 spiro atoms. The van der Waals surface area contributed by atoms with E-state index in [1.54, 1.807) is 0 Å². The third kappa shape index (κ3) is 3.79. The fraction of sp³-hybridized carbons (Fsp3) is 0.444. The summed E-state index contributed by atoms with van der Waals surface area (Å²) < 4.78 is 0. The van der Waals surface area contributed by atoms with Crippen LogP contribution in [0.1, 0.15) is 53.3 Å². The molecule has 0 bridgehead atoms. The van der Waals surface area contributed by atoms with Crippen LogP contribution < -0.4 is 5.73 Å². The molecule has 1 aliphatic rings. The number of nitrogens with zero attached hydrogens (tertiary/aromatic N) is 2. The van der Waals surface area contributed by atoms with Crippen LogP contribution in [0, 0.1) is 0 Å². The predicted octanol–water partition coefficient (Wildman–Crippen LogP) is 3.40. The average Bonchev–Trinajstić information content (AvgIpc) is 3.06. The Balaban J connectivity index is 1.68. The molecule has 0 radical (unpaired) electrons. The van der Waals surface area contributed by atoms with Gasteiger partial charge in [-0.25, -0.2) is 4.98 Å². The Hall–Kier alpha value is -1.72. The van der Waals surface area contributed by atoms with Crippen molar-refractivity contribution in [3.05, 3.63) is 52.0 Å². The minimum absolute atomic E-state index is 0.0478. The summed E-state index contributed by atoms with van der Waals surface area (Å²) >= 11 is 1.49. The highest BCUT2D eigenvalue weighted by Gasteiger charge is 2.26. The van der Waals surface area contributed by atoms with Crippen LogP contribution in [0.15, 0.2) is 35.7 Å². The third-order valence-electron chi connectivity index (χ3n) is 4.42. The highest BCUT2D eigenvalue weighted by molar-refractivity contribution is 7.09. The van der Waals surface area contributed by atoms with Crippen LogP contribution >= 0.6 is 11.3 Å². The summed E-state index contributed by atoms with van der Waals surface area (Å²) in [7, 11) is 0. The Bertz CT molecular complexity index is 655. The zero-order valence-corrected chi connectivity index (χ0v) is 14.3. The molecule has 0 saturated carbocycles. The maximum atomic E-state index is 12.6. The molecule has 2 atom stereocenters. The van der Waals surface area contributed by atoms with E-state index in [-0.39, 0.29) is 11.9 Å². The SMILES string of the molecule is CC1CCCCN1C(=O)c1csc(C(N)Cc2ccccc2)n1. The van der Waals surface area contributed by atoms with E-state index in [0.717, 1.165) is 30.8 Å². The van der Waals surface area contributed by atoms with Gasteiger partial charge in [-0.1, -0.05) is 30.3 Å². The standard InChI is InChI=1S/C18H23N3OS/c1-13-7-5-6-10-21(13)18(22)16-12-23-17(20-16)15(19)11-14-8-3-2-4-9-14/h2-4,8-9,12-13,15H,5-7,10-11,19H2,1H3. The van der Waals surface area contributed by atoms with Crippen LogP contribution in [0.5, 0.6) is 0 Å². The van der Waals surface area contributed by atoms with Crippen LogP contribution in [-0.4, -0.2) is 28.4 Å². The second-order valence-electron chi connectivity index (χ2n) is 6.21. The number of aromatic nitrogens is 1. The molecule has 23 heavy (non-hydrogen) atoms. The average molecular weight is 329 g/mol. The van der Waals surface area contributed by atoms with E-state index >= 15 is 0 Å². The van der Waals surface area contributed by atoms with Crippen molar-refractivity contribution in [3.63, 3.8) is 0 Å². The molecule has 122 valence electrons. The molecule has 1 aromatic carbocycles. The van der Waals surface area contributed by atoms with Crippen molar-refractivity contribution >= 4 is 17.2 Å². The van der Waals surface area contributed by atoms with Gasteiger partial charge < -0.3 is 10.6 Å². The van der Waals surface area contributed by atoms with E-state index in [9.17, 15) is 4.79 Å². The van der Waals surface area contributed by atoms with E-state index in [2.05, 4.69) is 24.0 Å². The monoisotopic (exact) mass is 329 g/mol. The van der Waals surface area contributed by atoms with Crippen molar-refractivity contribution in [1.82, 2.24) is 9.88 Å². The van der Waals surface area contributed by atoms with Gasteiger partial charge in [0.15, 0.2) is 0 Å². The summed E-state index contributed by atoms with van der Waals surface area (Å²) in [5, 5.41) is 2.69. The van der Waals surface area contributed by atoms with E-state index in [0.29, 0.717) is 11.7 Å². The second-order valence-corrected chi connectivity index (χ2v) is 7.10. The number of carbonyl (C=O) groups is 1. The van der Waals surface area contributed by atoms with Gasteiger partial charge in [-0.2, -0.15) is 0 Å². The fourth-order valence-electron chi connectivity index (χ4n) is 3.06. The molecule has 0 aliphatic carbocycles. The lowest BCUT2D eigenvalue weighted by Crippen LogP contribution is -2.42. The maximum absolute atomic E-state index is 12.6. The first kappa shape index (κ1) is 16.1. The van der Waals surface area contributed by atoms with Gasteiger partial charge in [0.2, 0.25) is 0 Å². The van der Waals surface area contributed by atoms with Crippen molar-refractivity contribution in [2.45, 2.75) is 44.7 Å². The molecule has 2 aromatic rings. The van der Waals surface area contributed by atoms with Crippen molar-refractivity contribution in [1.29, 1.82) is 0 Å². The molecular formula is C18H23N3OS. The number of piperidine rings is 1. The third-order valence-corrected chi connectivity index (χ3v) is 5.40. The number of rotatable bonds is 4. The van der Waals surface area contributed by atoms with Crippen LogP contribution in [0.3, 0.4) is 0 Å². The van der Waals surface area contributed by atoms with Crippen LogP contribution in [0.25, 0.3) is 0 Å². The summed E-state index contributed by atoms with van der Waals surface area (Å²) in [6.45, 7) is 2.95. The molecule has 1 amide bonds. The highest BCUT2D eigenvalue weighted by Crippen LogP contribution is 2.23. The molecule has 1 aliphatic heterocycles. The lowest BCUT2D eigenvalue weighted by atomic mass is 10.0. The number of amides is 1. The first-order valence-electron chi connectivity index (χ1n) is 8.21. The van der Waals surface area contributed by atoms with Crippen LogP contribution in [-0.2, 0) is 6.42 Å². The van der Waals surface area contributed by atoms with Crippen molar-refractivity contribution in [3.8, 4) is 0 Å². The van der Waals surface area contributed by atoms with Crippen molar-refractivity contribution in [2.75, 3.05) is 6.54 Å². The molecule has 2 heterocycles. The smallest absolute Gasteiger partial charge is 0.273 e. The quantitative estimate of drug-likeness (QED) is 0.935. The molecule has 2 unspecified atom stereocenters. The van der Waals surface area contributed by atoms with Crippen LogP contribution in [0.4, 0.5) is 0 Å². The Morgan fingerprint density at radius 3 is 2.91 bits per heavy atom. The van der Waals surface area contributed by atoms with Gasteiger partial charge in [-0.05, 0) is 38.2 Å². The number of benzene rings is 1. The Kier molecular flexibility index (Phi) is 5.08. The zero-order valence-electron chi connectivity index (χ0n) is 13.4. The summed E-state index contributed by atoms with van der Waals surface area (Å²) in [6, 6.07) is 10.3. The minimum atomic E-state index is -0.164. The van der Waals surface area contributed by atoms with Gasteiger partial charge in [0.1, 0.15) is 10.7 Å². The Morgan fingerprint density at radius 2 is 2.17 bits per heavy atom. The topological polar surface area (TPSA) is 59.2 Å². The summed E-state index contributed by atoms with van der Waals surface area (Å²) in [5.74, 6) is 0.0478. The van der Waals surface area contributed by atoms with Gasteiger partial charge in [-0.15, -0.1) is 11.3 Å². The molecule has 2 N–H and O–H groups in total. The first-order valence-corrected chi connectivity index (χ1v) is 9.09. The van der Waals surface area contributed by atoms with Gasteiger partial charge in [-0.3, -0.25) is 4.79 Å². The number of thiazole rings is 1. The lowest BCUT2D eigenvalue weighted by molar-refractivity contribution is 0.0630. The number of carbonyl (C=O) groups excluding carboxylic acids is 1. The number of hydrogen-bond donors (Lipinski definition) is 1.